The van der Waals surface area contributed by atoms with Gasteiger partial charge in [-0.25, -0.2) is 14.8 Å². The second-order valence-electron chi connectivity index (χ2n) is 4.42. The average molecular weight is 259 g/mol. The van der Waals surface area contributed by atoms with Gasteiger partial charge in [0.25, 0.3) is 0 Å². The number of carboxylic acids is 1. The Hall–Kier alpha value is -2.17. The molecule has 2 N–H and O–H groups in total. The van der Waals surface area contributed by atoms with Gasteiger partial charge in [-0.05, 0) is 31.0 Å². The summed E-state index contributed by atoms with van der Waals surface area (Å²) in [7, 11) is 0. The number of aromatic carboxylic acids is 1. The van der Waals surface area contributed by atoms with Gasteiger partial charge in [0, 0.05) is 11.4 Å². The molecule has 2 rings (SSSR count). The highest BCUT2D eigenvalue weighted by Crippen LogP contribution is 2.21. The van der Waals surface area contributed by atoms with E-state index in [-0.39, 0.29) is 5.56 Å². The van der Waals surface area contributed by atoms with Gasteiger partial charge in [0.1, 0.15) is 12.1 Å². The van der Waals surface area contributed by atoms with Gasteiger partial charge in [-0.1, -0.05) is 13.8 Å². The zero-order chi connectivity index (χ0) is 13.8. The molecule has 1 aromatic heterocycles. The molecule has 0 aliphatic carbocycles. The molecule has 0 bridgehead atoms. The fourth-order valence-corrected chi connectivity index (χ4v) is 1.99. The Balaban J connectivity index is 2.43. The molecule has 0 spiro atoms. The third kappa shape index (κ3) is 2.81. The molecule has 0 fully saturated rings. The standard InChI is InChI=1S/C14H17N3O2/c1-3-10(4-2)17-13-11-6-5-9(14(18)19)7-12(11)15-8-16-13/h5-8,10H,3-4H2,1-2H3,(H,18,19)(H,15,16,17). The van der Waals surface area contributed by atoms with Crippen LogP contribution >= 0.6 is 0 Å². The predicted molar refractivity (Wildman–Crippen MR) is 74.5 cm³/mol. The summed E-state index contributed by atoms with van der Waals surface area (Å²) in [6.45, 7) is 4.24. The van der Waals surface area contributed by atoms with Crippen LogP contribution in [0.3, 0.4) is 0 Å². The lowest BCUT2D eigenvalue weighted by atomic mass is 10.1. The maximum absolute atomic E-state index is 10.9. The smallest absolute Gasteiger partial charge is 0.335 e. The first kappa shape index (κ1) is 13.3. The molecule has 100 valence electrons. The summed E-state index contributed by atoms with van der Waals surface area (Å²) < 4.78 is 0. The lowest BCUT2D eigenvalue weighted by Gasteiger charge is -2.16. The number of hydrogen-bond donors (Lipinski definition) is 2. The lowest BCUT2D eigenvalue weighted by molar-refractivity contribution is 0.0697. The molecule has 5 heteroatoms. The van der Waals surface area contributed by atoms with Gasteiger partial charge in [-0.2, -0.15) is 0 Å². The molecule has 0 unspecified atom stereocenters. The molecule has 0 aliphatic heterocycles. The number of fused-ring (bicyclic) bond motifs is 1. The van der Waals surface area contributed by atoms with Gasteiger partial charge >= 0.3 is 5.97 Å². The van der Waals surface area contributed by atoms with Crippen LogP contribution in [0, 0.1) is 0 Å². The molecule has 1 aromatic carbocycles. The Bertz CT molecular complexity index is 594. The largest absolute Gasteiger partial charge is 0.478 e. The van der Waals surface area contributed by atoms with Gasteiger partial charge in [-0.3, -0.25) is 0 Å². The van der Waals surface area contributed by atoms with Crippen molar-refractivity contribution in [1.29, 1.82) is 0 Å². The molecule has 0 saturated carbocycles. The summed E-state index contributed by atoms with van der Waals surface area (Å²) in [4.78, 5) is 19.3. The highest BCUT2D eigenvalue weighted by molar-refractivity contribution is 5.96. The van der Waals surface area contributed by atoms with Gasteiger partial charge < -0.3 is 10.4 Å². The Morgan fingerprint density at radius 3 is 2.68 bits per heavy atom. The maximum Gasteiger partial charge on any atom is 0.335 e. The topological polar surface area (TPSA) is 75.1 Å². The van der Waals surface area contributed by atoms with Crippen LogP contribution in [0.4, 0.5) is 5.82 Å². The van der Waals surface area contributed by atoms with E-state index in [4.69, 9.17) is 5.11 Å². The van der Waals surface area contributed by atoms with Gasteiger partial charge in [0.2, 0.25) is 0 Å². The number of benzene rings is 1. The van der Waals surface area contributed by atoms with Crippen LogP contribution in [-0.2, 0) is 0 Å². The number of hydrogen-bond acceptors (Lipinski definition) is 4. The number of carbonyl (C=O) groups is 1. The molecule has 0 saturated heterocycles. The summed E-state index contributed by atoms with van der Waals surface area (Å²) in [6.07, 6.45) is 3.48. The zero-order valence-electron chi connectivity index (χ0n) is 11.1. The van der Waals surface area contributed by atoms with Crippen LogP contribution in [-0.4, -0.2) is 27.1 Å². The highest BCUT2D eigenvalue weighted by atomic mass is 16.4. The number of nitrogens with zero attached hydrogens (tertiary/aromatic N) is 2. The van der Waals surface area contributed by atoms with Crippen molar-refractivity contribution in [2.24, 2.45) is 0 Å². The quantitative estimate of drug-likeness (QED) is 0.863. The van der Waals surface area contributed by atoms with Crippen molar-refractivity contribution < 1.29 is 9.90 Å². The van der Waals surface area contributed by atoms with Gasteiger partial charge in [0.15, 0.2) is 0 Å². The second kappa shape index (κ2) is 5.65. The molecule has 0 radical (unpaired) electrons. The summed E-state index contributed by atoms with van der Waals surface area (Å²) in [5, 5.41) is 13.2. The second-order valence-corrected chi connectivity index (χ2v) is 4.42. The van der Waals surface area contributed by atoms with E-state index in [1.54, 1.807) is 18.2 Å². The molecule has 0 aliphatic rings. The lowest BCUT2D eigenvalue weighted by Crippen LogP contribution is -2.18. The number of anilines is 1. The van der Waals surface area contributed by atoms with E-state index in [1.807, 2.05) is 0 Å². The number of aromatic nitrogens is 2. The molecule has 2 aromatic rings. The van der Waals surface area contributed by atoms with Gasteiger partial charge in [0.05, 0.1) is 11.1 Å². The molecular formula is C14H17N3O2. The van der Waals surface area contributed by atoms with E-state index in [1.165, 1.54) is 6.33 Å². The number of nitrogens with one attached hydrogen (secondary N) is 1. The SMILES string of the molecule is CCC(CC)Nc1ncnc2cc(C(=O)O)ccc12. The minimum atomic E-state index is -0.949. The Kier molecular flexibility index (Phi) is 3.94. The number of rotatable bonds is 5. The third-order valence-electron chi connectivity index (χ3n) is 3.21. The minimum absolute atomic E-state index is 0.236. The molecule has 19 heavy (non-hydrogen) atoms. The van der Waals surface area contributed by atoms with Crippen molar-refractivity contribution in [3.63, 3.8) is 0 Å². The molecule has 5 nitrogen and oxygen atoms in total. The predicted octanol–water partition coefficient (Wildman–Crippen LogP) is 2.93. The summed E-state index contributed by atoms with van der Waals surface area (Å²) in [5.74, 6) is -0.189. The highest BCUT2D eigenvalue weighted by Gasteiger charge is 2.10. The van der Waals surface area contributed by atoms with E-state index >= 15 is 0 Å². The Morgan fingerprint density at radius 2 is 2.05 bits per heavy atom. The zero-order valence-corrected chi connectivity index (χ0v) is 11.1. The molecule has 0 atom stereocenters. The van der Waals surface area contributed by atoms with Crippen molar-refractivity contribution >= 4 is 22.7 Å². The molecule has 1 heterocycles. The van der Waals surface area contributed by atoms with E-state index in [9.17, 15) is 4.79 Å². The van der Waals surface area contributed by atoms with Crippen molar-refractivity contribution in [3.8, 4) is 0 Å². The van der Waals surface area contributed by atoms with Crippen LogP contribution in [0.15, 0.2) is 24.5 Å². The van der Waals surface area contributed by atoms with Gasteiger partial charge in [-0.15, -0.1) is 0 Å². The monoisotopic (exact) mass is 259 g/mol. The van der Waals surface area contributed by atoms with Crippen molar-refractivity contribution in [3.05, 3.63) is 30.1 Å². The van der Waals surface area contributed by atoms with E-state index in [0.717, 1.165) is 24.0 Å². The van der Waals surface area contributed by atoms with E-state index in [0.29, 0.717) is 11.6 Å². The van der Waals surface area contributed by atoms with Crippen LogP contribution in [0.25, 0.3) is 10.9 Å². The van der Waals surface area contributed by atoms with Crippen molar-refractivity contribution in [1.82, 2.24) is 9.97 Å². The molecular weight excluding hydrogens is 242 g/mol. The van der Waals surface area contributed by atoms with Crippen LogP contribution < -0.4 is 5.32 Å². The summed E-state index contributed by atoms with van der Waals surface area (Å²) >= 11 is 0. The molecule has 0 amide bonds. The average Bonchev–Trinajstić information content (AvgIpc) is 2.44. The first-order chi connectivity index (χ1) is 9.15. The fraction of sp³-hybridized carbons (Fsp3) is 0.357. The summed E-state index contributed by atoms with van der Waals surface area (Å²) in [5.41, 5.74) is 0.878. The van der Waals surface area contributed by atoms with Crippen LogP contribution in [0.1, 0.15) is 37.0 Å². The Labute approximate surface area is 111 Å². The first-order valence-electron chi connectivity index (χ1n) is 6.40. The first-order valence-corrected chi connectivity index (χ1v) is 6.40. The van der Waals surface area contributed by atoms with E-state index < -0.39 is 5.97 Å². The van der Waals surface area contributed by atoms with Crippen LogP contribution in [0.2, 0.25) is 0 Å². The third-order valence-corrected chi connectivity index (χ3v) is 3.21. The Morgan fingerprint density at radius 1 is 1.32 bits per heavy atom. The fourth-order valence-electron chi connectivity index (χ4n) is 1.99. The summed E-state index contributed by atoms with van der Waals surface area (Å²) in [6, 6.07) is 5.25. The van der Waals surface area contributed by atoms with Crippen molar-refractivity contribution in [2.75, 3.05) is 5.32 Å². The number of carboxylic acid groups (broad SMARTS) is 1. The van der Waals surface area contributed by atoms with Crippen LogP contribution in [0.5, 0.6) is 0 Å². The van der Waals surface area contributed by atoms with E-state index in [2.05, 4.69) is 29.1 Å². The van der Waals surface area contributed by atoms with Crippen molar-refractivity contribution in [2.45, 2.75) is 32.7 Å². The normalized spacial score (nSPS) is 10.9. The maximum atomic E-state index is 10.9. The minimum Gasteiger partial charge on any atom is -0.478 e.